The zero-order chi connectivity index (χ0) is 25.2. The van der Waals surface area contributed by atoms with Gasteiger partial charge in [-0.05, 0) is 74.4 Å². The molecule has 3 N–H and O–H groups in total. The van der Waals surface area contributed by atoms with E-state index in [2.05, 4.69) is 70.1 Å². The highest BCUT2D eigenvalue weighted by Gasteiger charge is 2.32. The number of benzene rings is 2. The van der Waals surface area contributed by atoms with Gasteiger partial charge in [0.15, 0.2) is 0 Å². The van der Waals surface area contributed by atoms with Crippen LogP contribution in [0.2, 0.25) is 0 Å². The molecule has 1 saturated heterocycles. The summed E-state index contributed by atoms with van der Waals surface area (Å²) in [6.07, 6.45) is 7.13. The molecule has 0 radical (unpaired) electrons. The normalized spacial score (nSPS) is 21.0. The summed E-state index contributed by atoms with van der Waals surface area (Å²) in [5.41, 5.74) is 3.82. The van der Waals surface area contributed by atoms with Crippen LogP contribution in [-0.4, -0.2) is 40.6 Å². The van der Waals surface area contributed by atoms with Crippen LogP contribution in [0.5, 0.6) is 11.6 Å². The molecule has 37 heavy (non-hydrogen) atoms. The molecular weight excluding hydrogens is 460 g/mol. The molecule has 3 atom stereocenters. The van der Waals surface area contributed by atoms with E-state index in [0.29, 0.717) is 17.9 Å². The number of nitrogens with zero attached hydrogens (tertiary/aromatic N) is 3. The van der Waals surface area contributed by atoms with Gasteiger partial charge in [0.05, 0.1) is 11.3 Å². The van der Waals surface area contributed by atoms with E-state index in [4.69, 9.17) is 9.72 Å². The van der Waals surface area contributed by atoms with Gasteiger partial charge in [-0.3, -0.25) is 0 Å². The molecule has 1 saturated carbocycles. The Morgan fingerprint density at radius 3 is 2.78 bits per heavy atom. The van der Waals surface area contributed by atoms with Crippen LogP contribution in [0.3, 0.4) is 0 Å². The number of anilines is 2. The third-order valence-electron chi connectivity index (χ3n) is 7.57. The van der Waals surface area contributed by atoms with E-state index >= 15 is 0 Å². The molecule has 2 aliphatic rings. The van der Waals surface area contributed by atoms with Crippen molar-refractivity contribution >= 4 is 22.4 Å². The number of ether oxygens (including phenoxy) is 1. The summed E-state index contributed by atoms with van der Waals surface area (Å²) in [7, 11) is 0. The Kier molecular flexibility index (Phi) is 6.62. The number of nitrogens with one attached hydrogen (secondary N) is 3. The minimum atomic E-state index is 0.331. The van der Waals surface area contributed by atoms with Crippen molar-refractivity contribution in [1.82, 2.24) is 20.3 Å². The number of aryl methyl sites for hydroxylation is 1. The Balaban J connectivity index is 1.30. The molecular formula is C30H34N6O. The van der Waals surface area contributed by atoms with Gasteiger partial charge in [0, 0.05) is 48.0 Å². The van der Waals surface area contributed by atoms with Gasteiger partial charge >= 0.3 is 0 Å². The van der Waals surface area contributed by atoms with Gasteiger partial charge in [-0.1, -0.05) is 31.2 Å². The van der Waals surface area contributed by atoms with Gasteiger partial charge in [0.1, 0.15) is 5.75 Å². The van der Waals surface area contributed by atoms with Gasteiger partial charge in [-0.2, -0.15) is 0 Å². The Morgan fingerprint density at radius 1 is 1.03 bits per heavy atom. The maximum absolute atomic E-state index is 6.58. The van der Waals surface area contributed by atoms with E-state index < -0.39 is 0 Å². The molecule has 4 aromatic rings. The third-order valence-corrected chi connectivity index (χ3v) is 7.57. The largest absolute Gasteiger partial charge is 0.437 e. The number of hydrogen-bond acceptors (Lipinski definition) is 7. The van der Waals surface area contributed by atoms with E-state index in [1.54, 1.807) is 12.4 Å². The molecule has 1 aliphatic heterocycles. The molecule has 7 nitrogen and oxygen atoms in total. The van der Waals surface area contributed by atoms with Gasteiger partial charge < -0.3 is 20.7 Å². The Labute approximate surface area is 218 Å². The molecule has 2 fully saturated rings. The molecule has 190 valence electrons. The molecule has 2 aromatic heterocycles. The predicted octanol–water partition coefficient (Wildman–Crippen LogP) is 6.02. The number of piperidine rings is 1. The fraction of sp³-hybridized carbons (Fsp3) is 0.367. The molecule has 2 aromatic carbocycles. The smallest absolute Gasteiger partial charge is 0.228 e. The number of aromatic nitrogens is 3. The monoisotopic (exact) mass is 494 g/mol. The minimum Gasteiger partial charge on any atom is -0.437 e. The maximum atomic E-state index is 6.58. The first kappa shape index (κ1) is 23.7. The topological polar surface area (TPSA) is 84.0 Å². The number of pyridine rings is 1. The number of rotatable bonds is 8. The highest BCUT2D eigenvalue weighted by molar-refractivity contribution is 5.98. The molecule has 1 aliphatic carbocycles. The van der Waals surface area contributed by atoms with Gasteiger partial charge in [-0.25, -0.2) is 15.0 Å². The van der Waals surface area contributed by atoms with Crippen LogP contribution in [0.25, 0.3) is 22.0 Å². The fourth-order valence-electron chi connectivity index (χ4n) is 5.15. The van der Waals surface area contributed by atoms with Crippen LogP contribution < -0.4 is 20.7 Å². The fourth-order valence-corrected chi connectivity index (χ4v) is 5.15. The first-order valence-electron chi connectivity index (χ1n) is 13.4. The lowest BCUT2D eigenvalue weighted by molar-refractivity contribution is 0.466. The van der Waals surface area contributed by atoms with Crippen molar-refractivity contribution < 1.29 is 4.74 Å². The second-order valence-corrected chi connectivity index (χ2v) is 10.4. The van der Waals surface area contributed by atoms with E-state index in [-0.39, 0.29) is 0 Å². The van der Waals surface area contributed by atoms with Crippen LogP contribution in [0.4, 0.5) is 11.6 Å². The van der Waals surface area contributed by atoms with Crippen LogP contribution in [0.15, 0.2) is 60.9 Å². The third kappa shape index (κ3) is 5.23. The lowest BCUT2D eigenvalue weighted by atomic mass is 10.0. The maximum Gasteiger partial charge on any atom is 0.228 e. The quantitative estimate of drug-likeness (QED) is 0.276. The first-order chi connectivity index (χ1) is 18.2. The summed E-state index contributed by atoms with van der Waals surface area (Å²) in [5.74, 6) is 3.58. The highest BCUT2D eigenvalue weighted by atomic mass is 16.5. The summed E-state index contributed by atoms with van der Waals surface area (Å²) in [6.45, 7) is 7.40. The molecule has 0 bridgehead atoms. The van der Waals surface area contributed by atoms with Crippen molar-refractivity contribution in [2.45, 2.75) is 39.2 Å². The number of fused-ring (bicyclic) bond motifs is 1. The summed E-state index contributed by atoms with van der Waals surface area (Å²) in [5, 5.41) is 12.8. The van der Waals surface area contributed by atoms with Crippen LogP contribution in [-0.2, 0) is 0 Å². The molecule has 1 unspecified atom stereocenters. The average molecular weight is 495 g/mol. The average Bonchev–Trinajstić information content (AvgIpc) is 3.64. The molecule has 6 rings (SSSR count). The van der Waals surface area contributed by atoms with E-state index in [1.807, 2.05) is 18.2 Å². The molecule has 7 heteroatoms. The van der Waals surface area contributed by atoms with Crippen molar-refractivity contribution in [3.05, 3.63) is 66.5 Å². The second kappa shape index (κ2) is 10.3. The molecule has 0 spiro atoms. The van der Waals surface area contributed by atoms with Crippen LogP contribution in [0, 0.1) is 18.8 Å². The molecule has 3 heterocycles. The van der Waals surface area contributed by atoms with Crippen LogP contribution >= 0.6 is 0 Å². The molecule has 0 amide bonds. The highest BCUT2D eigenvalue weighted by Crippen LogP contribution is 2.40. The van der Waals surface area contributed by atoms with E-state index in [1.165, 1.54) is 6.42 Å². The van der Waals surface area contributed by atoms with E-state index in [0.717, 1.165) is 83.3 Å². The summed E-state index contributed by atoms with van der Waals surface area (Å²) < 4.78 is 6.58. The number of hydrogen-bond donors (Lipinski definition) is 3. The van der Waals surface area contributed by atoms with Gasteiger partial charge in [-0.15, -0.1) is 0 Å². The SMILES string of the molecule is Cc1ccc2c(NCC3C[C@@H]3C)cccc2c1Oc1ncccc1-c1ccnc(N[C@H]2CCCNC2)n1. The predicted molar refractivity (Wildman–Crippen MR) is 149 cm³/mol. The Hall–Kier alpha value is -3.71. The van der Waals surface area contributed by atoms with E-state index in [9.17, 15) is 0 Å². The van der Waals surface area contributed by atoms with Crippen molar-refractivity contribution in [3.63, 3.8) is 0 Å². The zero-order valence-electron chi connectivity index (χ0n) is 21.5. The lowest BCUT2D eigenvalue weighted by Crippen LogP contribution is -2.38. The van der Waals surface area contributed by atoms with Crippen molar-refractivity contribution in [3.8, 4) is 22.9 Å². The van der Waals surface area contributed by atoms with Gasteiger partial charge in [0.25, 0.3) is 0 Å². The summed E-state index contributed by atoms with van der Waals surface area (Å²) >= 11 is 0. The summed E-state index contributed by atoms with van der Waals surface area (Å²) in [4.78, 5) is 13.9. The zero-order valence-corrected chi connectivity index (χ0v) is 21.5. The van der Waals surface area contributed by atoms with Gasteiger partial charge in [0.2, 0.25) is 11.8 Å². The standard InChI is InChI=1S/C30H34N6O/c1-19-10-11-23-24(7-3-9-26(23)34-17-21-16-20(21)2)28(19)37-29-25(8-5-14-32-29)27-12-15-33-30(36-27)35-22-6-4-13-31-18-22/h3,5,7-12,14-15,20-22,31,34H,4,6,13,16-18H2,1-2H3,(H,33,35,36)/t20-,21?,22-/m0/s1. The second-order valence-electron chi connectivity index (χ2n) is 10.4. The summed E-state index contributed by atoms with van der Waals surface area (Å²) in [6, 6.07) is 16.8. The van der Waals surface area contributed by atoms with Crippen molar-refractivity contribution in [2.75, 3.05) is 30.3 Å². The minimum absolute atomic E-state index is 0.331. The Bertz CT molecular complexity index is 1400. The van der Waals surface area contributed by atoms with Crippen molar-refractivity contribution in [1.29, 1.82) is 0 Å². The van der Waals surface area contributed by atoms with Crippen molar-refractivity contribution in [2.24, 2.45) is 11.8 Å². The Morgan fingerprint density at radius 2 is 1.95 bits per heavy atom. The van der Waals surface area contributed by atoms with Crippen LogP contribution in [0.1, 0.15) is 31.7 Å². The first-order valence-corrected chi connectivity index (χ1v) is 13.4. The lowest BCUT2D eigenvalue weighted by Gasteiger charge is -2.23.